The maximum absolute atomic E-state index is 12.9. The van der Waals surface area contributed by atoms with E-state index < -0.39 is 0 Å². The zero-order chi connectivity index (χ0) is 19.1. The molecule has 138 valence electrons. The minimum atomic E-state index is -0.316. The van der Waals surface area contributed by atoms with Crippen LogP contribution in [-0.4, -0.2) is 33.1 Å². The summed E-state index contributed by atoms with van der Waals surface area (Å²) in [5, 5.41) is 8.56. The second kappa shape index (κ2) is 6.66. The maximum atomic E-state index is 12.9. The summed E-state index contributed by atoms with van der Waals surface area (Å²) >= 11 is 6.10. The van der Waals surface area contributed by atoms with Crippen LogP contribution in [-0.2, 0) is 11.8 Å². The van der Waals surface area contributed by atoms with E-state index in [2.05, 4.69) is 15.4 Å². The fourth-order valence-corrected chi connectivity index (χ4v) is 3.56. The Kier molecular flexibility index (Phi) is 4.31. The molecule has 1 aliphatic rings. The summed E-state index contributed by atoms with van der Waals surface area (Å²) in [6.07, 6.45) is 2.85. The van der Waals surface area contributed by atoms with Crippen molar-refractivity contribution in [3.05, 3.63) is 46.7 Å². The highest BCUT2D eigenvalue weighted by molar-refractivity contribution is 6.31. The van der Waals surface area contributed by atoms with Crippen molar-refractivity contribution in [1.29, 1.82) is 0 Å². The predicted molar refractivity (Wildman–Crippen MR) is 104 cm³/mol. The predicted octanol–water partition coefficient (Wildman–Crippen LogP) is 3.31. The van der Waals surface area contributed by atoms with Crippen molar-refractivity contribution in [3.8, 4) is 0 Å². The van der Waals surface area contributed by atoms with Crippen LogP contribution in [0.2, 0.25) is 5.02 Å². The van der Waals surface area contributed by atoms with Crippen molar-refractivity contribution in [3.63, 3.8) is 0 Å². The molecule has 3 aromatic rings. The molecule has 1 aromatic carbocycles. The Labute approximate surface area is 160 Å². The molecule has 0 radical (unpaired) electrons. The third kappa shape index (κ3) is 3.14. The van der Waals surface area contributed by atoms with Gasteiger partial charge in [0.1, 0.15) is 0 Å². The molecule has 1 aliphatic heterocycles. The highest BCUT2D eigenvalue weighted by Crippen LogP contribution is 2.29. The second-order valence-corrected chi connectivity index (χ2v) is 7.01. The Morgan fingerprint density at radius 3 is 2.85 bits per heavy atom. The number of hydrogen-bond acceptors (Lipinski definition) is 4. The molecule has 2 aromatic heterocycles. The number of halogens is 1. The maximum Gasteiger partial charge on any atom is 0.257 e. The highest BCUT2D eigenvalue weighted by Gasteiger charge is 2.26. The number of aromatic nitrogens is 3. The first kappa shape index (κ1) is 17.5. The van der Waals surface area contributed by atoms with E-state index in [1.54, 1.807) is 34.0 Å². The van der Waals surface area contributed by atoms with Crippen LogP contribution >= 0.6 is 11.6 Å². The van der Waals surface area contributed by atoms with Gasteiger partial charge in [-0.25, -0.2) is 4.98 Å². The Morgan fingerprint density at radius 2 is 2.11 bits per heavy atom. The van der Waals surface area contributed by atoms with E-state index in [4.69, 9.17) is 11.6 Å². The zero-order valence-electron chi connectivity index (χ0n) is 15.0. The number of fused-ring (bicyclic) bond motifs is 1. The summed E-state index contributed by atoms with van der Waals surface area (Å²) in [5.74, 6) is -0.315. The molecule has 1 fully saturated rings. The Bertz CT molecular complexity index is 1080. The van der Waals surface area contributed by atoms with Gasteiger partial charge in [0.15, 0.2) is 5.65 Å². The summed E-state index contributed by atoms with van der Waals surface area (Å²) in [6.45, 7) is 2.48. The molecule has 0 saturated carbocycles. The Balaban J connectivity index is 1.67. The lowest BCUT2D eigenvalue weighted by atomic mass is 10.1. The van der Waals surface area contributed by atoms with Crippen LogP contribution in [0.5, 0.6) is 0 Å². The highest BCUT2D eigenvalue weighted by atomic mass is 35.5. The lowest BCUT2D eigenvalue weighted by Crippen LogP contribution is -2.27. The van der Waals surface area contributed by atoms with Gasteiger partial charge in [0.05, 0.1) is 28.8 Å². The van der Waals surface area contributed by atoms with Crippen LogP contribution in [0.15, 0.2) is 30.5 Å². The number of carbonyl (C=O) groups excluding carboxylic acids is 2. The fourth-order valence-electron chi connectivity index (χ4n) is 3.40. The van der Waals surface area contributed by atoms with Crippen LogP contribution in [0.25, 0.3) is 11.0 Å². The zero-order valence-corrected chi connectivity index (χ0v) is 15.7. The standard InChI is InChI=1S/C19H18ClN5O2/c1-11-15-9-13(10-21-18(15)24(2)23-11)22-19(27)14-6-5-12(20)8-16(14)25-7-3-4-17(25)26/h5-6,8-10H,3-4,7H2,1-2H3,(H,22,27). The molecule has 27 heavy (non-hydrogen) atoms. The van der Waals surface area contributed by atoms with Gasteiger partial charge in [0.2, 0.25) is 5.91 Å². The van der Waals surface area contributed by atoms with E-state index in [1.807, 2.05) is 20.0 Å². The molecule has 2 amide bonds. The molecular weight excluding hydrogens is 366 g/mol. The average Bonchev–Trinajstić information content (AvgIpc) is 3.18. The van der Waals surface area contributed by atoms with E-state index in [-0.39, 0.29) is 11.8 Å². The van der Waals surface area contributed by atoms with Crippen molar-refractivity contribution in [1.82, 2.24) is 14.8 Å². The van der Waals surface area contributed by atoms with Crippen LogP contribution in [0, 0.1) is 6.92 Å². The van der Waals surface area contributed by atoms with Crippen molar-refractivity contribution in [2.45, 2.75) is 19.8 Å². The van der Waals surface area contributed by atoms with Crippen LogP contribution in [0.1, 0.15) is 28.9 Å². The number of amides is 2. The topological polar surface area (TPSA) is 80.1 Å². The minimum absolute atomic E-state index is 0.000359. The number of aryl methyl sites for hydroxylation is 2. The van der Waals surface area contributed by atoms with Gasteiger partial charge in [0, 0.05) is 30.4 Å². The molecule has 4 rings (SSSR count). The summed E-state index contributed by atoms with van der Waals surface area (Å²) in [4.78, 5) is 31.0. The van der Waals surface area contributed by atoms with Crippen molar-refractivity contribution in [2.24, 2.45) is 7.05 Å². The summed E-state index contributed by atoms with van der Waals surface area (Å²) in [7, 11) is 1.83. The molecule has 1 saturated heterocycles. The molecule has 7 nitrogen and oxygen atoms in total. The SMILES string of the molecule is Cc1nn(C)c2ncc(NC(=O)c3ccc(Cl)cc3N3CCCC3=O)cc12. The lowest BCUT2D eigenvalue weighted by molar-refractivity contribution is -0.117. The van der Waals surface area contributed by atoms with Crippen LogP contribution in [0.3, 0.4) is 0 Å². The molecule has 3 heterocycles. The fraction of sp³-hybridized carbons (Fsp3) is 0.263. The molecule has 1 N–H and O–H groups in total. The van der Waals surface area contributed by atoms with Gasteiger partial charge in [-0.05, 0) is 37.6 Å². The number of hydrogen-bond donors (Lipinski definition) is 1. The normalized spacial score (nSPS) is 14.2. The third-order valence-electron chi connectivity index (χ3n) is 4.69. The number of pyridine rings is 1. The molecule has 0 bridgehead atoms. The van der Waals surface area contributed by atoms with E-state index in [0.29, 0.717) is 34.9 Å². The summed E-state index contributed by atoms with van der Waals surface area (Å²) in [5.41, 5.74) is 3.09. The van der Waals surface area contributed by atoms with Crippen LogP contribution < -0.4 is 10.2 Å². The van der Waals surface area contributed by atoms with Crippen molar-refractivity contribution < 1.29 is 9.59 Å². The quantitative estimate of drug-likeness (QED) is 0.752. The number of nitrogens with zero attached hydrogens (tertiary/aromatic N) is 4. The van der Waals surface area contributed by atoms with Gasteiger partial charge in [-0.1, -0.05) is 11.6 Å². The van der Waals surface area contributed by atoms with Gasteiger partial charge in [-0.3, -0.25) is 14.3 Å². The van der Waals surface area contributed by atoms with Gasteiger partial charge >= 0.3 is 0 Å². The number of rotatable bonds is 3. The molecule has 0 unspecified atom stereocenters. The molecule has 8 heteroatoms. The molecule has 0 aliphatic carbocycles. The first-order valence-corrected chi connectivity index (χ1v) is 9.02. The smallest absolute Gasteiger partial charge is 0.257 e. The largest absolute Gasteiger partial charge is 0.321 e. The van der Waals surface area contributed by atoms with Gasteiger partial charge in [-0.15, -0.1) is 0 Å². The Hall–Kier alpha value is -2.93. The molecule has 0 spiro atoms. The average molecular weight is 384 g/mol. The van der Waals surface area contributed by atoms with Gasteiger partial charge in [-0.2, -0.15) is 5.10 Å². The van der Waals surface area contributed by atoms with Crippen molar-refractivity contribution in [2.75, 3.05) is 16.8 Å². The number of anilines is 2. The van der Waals surface area contributed by atoms with Crippen molar-refractivity contribution >= 4 is 45.8 Å². The number of carbonyl (C=O) groups is 2. The first-order chi connectivity index (χ1) is 12.9. The Morgan fingerprint density at radius 1 is 1.30 bits per heavy atom. The van der Waals surface area contributed by atoms with E-state index in [0.717, 1.165) is 23.1 Å². The molecular formula is C19H18ClN5O2. The second-order valence-electron chi connectivity index (χ2n) is 6.57. The number of nitrogens with one attached hydrogen (secondary N) is 1. The minimum Gasteiger partial charge on any atom is -0.321 e. The van der Waals surface area contributed by atoms with Gasteiger partial charge in [0.25, 0.3) is 5.91 Å². The van der Waals surface area contributed by atoms with E-state index >= 15 is 0 Å². The summed E-state index contributed by atoms with van der Waals surface area (Å²) in [6, 6.07) is 6.79. The number of benzene rings is 1. The van der Waals surface area contributed by atoms with Crippen LogP contribution in [0.4, 0.5) is 11.4 Å². The summed E-state index contributed by atoms with van der Waals surface area (Å²) < 4.78 is 1.70. The first-order valence-electron chi connectivity index (χ1n) is 8.64. The molecule has 0 atom stereocenters. The van der Waals surface area contributed by atoms with E-state index in [1.165, 1.54) is 0 Å². The van der Waals surface area contributed by atoms with E-state index in [9.17, 15) is 9.59 Å². The van der Waals surface area contributed by atoms with Gasteiger partial charge < -0.3 is 10.2 Å². The monoisotopic (exact) mass is 383 g/mol. The lowest BCUT2D eigenvalue weighted by Gasteiger charge is -2.19. The third-order valence-corrected chi connectivity index (χ3v) is 4.92.